The van der Waals surface area contributed by atoms with Gasteiger partial charge in [0, 0.05) is 41.6 Å². The molecule has 4 aromatic carbocycles. The maximum atomic E-state index is 14.6. The standard InChI is InChI=1S/C45H50FNO6S/c1-3-24-52-45-42(54-35-20-18-30-12-4-5-13-31(30)25-35)28-40(47-50-2)37-26-32(14-8-10-22-48)36(16-9-11-23-49)43(44(37)45)38-27-34(19-21-41(38)53-45)51-29-33-15-6-7-17-39(33)46/h3-7,12-13,15,17-21,25-27,32,36,42-44,48-49H,1,8-11,14,16,22-24,28-29H2,2H3/t32-,36+,42-,43+,44+,45+/m0/s1. The zero-order chi connectivity index (χ0) is 37.5. The number of rotatable bonds is 17. The molecule has 4 aromatic rings. The lowest BCUT2D eigenvalue weighted by molar-refractivity contribution is -0.223. The predicted octanol–water partition coefficient (Wildman–Crippen LogP) is 9.61. The molecule has 2 N–H and O–H groups in total. The second-order valence-electron chi connectivity index (χ2n) is 14.4. The normalized spacial score (nSPS) is 25.0. The van der Waals surface area contributed by atoms with E-state index in [0.29, 0.717) is 24.2 Å². The first-order chi connectivity index (χ1) is 26.5. The lowest BCUT2D eigenvalue weighted by Gasteiger charge is -2.58. The Kier molecular flexibility index (Phi) is 12.4. The largest absolute Gasteiger partial charge is 0.489 e. The number of benzene rings is 4. The Morgan fingerprint density at radius 3 is 2.50 bits per heavy atom. The molecule has 0 radical (unpaired) electrons. The van der Waals surface area contributed by atoms with Gasteiger partial charge in [0.05, 0.1) is 23.5 Å². The highest BCUT2D eigenvalue weighted by Gasteiger charge is 2.64. The molecule has 1 heterocycles. The van der Waals surface area contributed by atoms with Crippen molar-refractivity contribution in [3.63, 3.8) is 0 Å². The molecule has 9 heteroatoms. The van der Waals surface area contributed by atoms with E-state index < -0.39 is 5.79 Å². The van der Waals surface area contributed by atoms with Gasteiger partial charge in [0.25, 0.3) is 0 Å². The van der Waals surface area contributed by atoms with Gasteiger partial charge in [-0.05, 0) is 90.3 Å². The fourth-order valence-corrected chi connectivity index (χ4v) is 10.1. The summed E-state index contributed by atoms with van der Waals surface area (Å²) in [5, 5.41) is 26.4. The number of unbranched alkanes of at least 4 members (excludes halogenated alkanes) is 2. The highest BCUT2D eigenvalue weighted by molar-refractivity contribution is 8.00. The Morgan fingerprint density at radius 2 is 1.72 bits per heavy atom. The number of halogens is 1. The fraction of sp³-hybridized carbons (Fsp3) is 0.400. The summed E-state index contributed by atoms with van der Waals surface area (Å²) in [5.41, 5.74) is 3.45. The molecule has 0 amide bonds. The van der Waals surface area contributed by atoms with Crippen LogP contribution in [0.3, 0.4) is 0 Å². The third-order valence-corrected chi connectivity index (χ3v) is 12.5. The number of aliphatic hydroxyl groups is 2. The molecule has 6 atom stereocenters. The molecule has 1 aliphatic heterocycles. The average Bonchev–Trinajstić information content (AvgIpc) is 3.19. The second kappa shape index (κ2) is 17.5. The van der Waals surface area contributed by atoms with Crippen LogP contribution in [0.5, 0.6) is 11.5 Å². The summed E-state index contributed by atoms with van der Waals surface area (Å²) < 4.78 is 35.2. The number of thioether (sulfide) groups is 1. The van der Waals surface area contributed by atoms with Crippen molar-refractivity contribution in [3.8, 4) is 11.5 Å². The van der Waals surface area contributed by atoms with Gasteiger partial charge in [0.2, 0.25) is 5.79 Å². The maximum Gasteiger partial charge on any atom is 0.231 e. The lowest BCUT2D eigenvalue weighted by atomic mass is 9.56. The van der Waals surface area contributed by atoms with Gasteiger partial charge in [-0.1, -0.05) is 78.7 Å². The van der Waals surface area contributed by atoms with E-state index in [9.17, 15) is 14.6 Å². The summed E-state index contributed by atoms with van der Waals surface area (Å²) in [6.45, 7) is 4.69. The molecule has 0 unspecified atom stereocenters. The SMILES string of the molecule is C=CCO[C@@]12Oc3ccc(OCc4ccccc4F)cc3[C@H]3[C@H](CCCCO)[C@@H](CCCCO)C=C(C(=NOC)C[C@@H]1Sc1ccc4ccccc4c1)[C@H]32. The van der Waals surface area contributed by atoms with E-state index in [0.717, 1.165) is 65.0 Å². The summed E-state index contributed by atoms with van der Waals surface area (Å²) in [5.74, 6) is -0.0413. The van der Waals surface area contributed by atoms with Crippen LogP contribution in [0.1, 0.15) is 62.0 Å². The summed E-state index contributed by atoms with van der Waals surface area (Å²) in [6.07, 6.45) is 9.66. The van der Waals surface area contributed by atoms with Crippen LogP contribution in [0.25, 0.3) is 10.8 Å². The lowest BCUT2D eigenvalue weighted by Crippen LogP contribution is -2.64. The number of ether oxygens (including phenoxy) is 3. The highest BCUT2D eigenvalue weighted by atomic mass is 32.2. The van der Waals surface area contributed by atoms with Gasteiger partial charge in [-0.15, -0.1) is 18.3 Å². The quantitative estimate of drug-likeness (QED) is 0.0631. The molecule has 1 fully saturated rings. The Labute approximate surface area is 321 Å². The zero-order valence-electron chi connectivity index (χ0n) is 30.9. The smallest absolute Gasteiger partial charge is 0.231 e. The minimum Gasteiger partial charge on any atom is -0.489 e. The Bertz CT molecular complexity index is 1980. The van der Waals surface area contributed by atoms with E-state index in [1.165, 1.54) is 11.5 Å². The first kappa shape index (κ1) is 38.1. The third-order valence-electron chi connectivity index (χ3n) is 11.2. The van der Waals surface area contributed by atoms with Crippen molar-refractivity contribution < 1.29 is 33.7 Å². The molecule has 0 bridgehead atoms. The summed E-state index contributed by atoms with van der Waals surface area (Å²) >= 11 is 1.74. The first-order valence-corrected chi connectivity index (χ1v) is 20.0. The van der Waals surface area contributed by atoms with Gasteiger partial charge in [0.1, 0.15) is 31.0 Å². The number of allylic oxidation sites excluding steroid dienone is 1. The average molecular weight is 752 g/mol. The predicted molar refractivity (Wildman–Crippen MR) is 213 cm³/mol. The van der Waals surface area contributed by atoms with Crippen molar-refractivity contribution >= 4 is 28.2 Å². The van der Waals surface area contributed by atoms with Crippen LogP contribution in [-0.2, 0) is 16.2 Å². The van der Waals surface area contributed by atoms with E-state index in [-0.39, 0.29) is 61.2 Å². The van der Waals surface area contributed by atoms with Crippen LogP contribution in [0.2, 0.25) is 0 Å². The van der Waals surface area contributed by atoms with Crippen molar-refractivity contribution in [1.29, 1.82) is 0 Å². The van der Waals surface area contributed by atoms with E-state index in [1.54, 1.807) is 37.1 Å². The number of aliphatic hydroxyl groups excluding tert-OH is 2. The van der Waals surface area contributed by atoms with Crippen LogP contribution in [-0.4, -0.2) is 53.9 Å². The number of nitrogens with zero attached hydrogens (tertiary/aromatic N) is 1. The molecular weight excluding hydrogens is 702 g/mol. The first-order valence-electron chi connectivity index (χ1n) is 19.1. The molecule has 3 aliphatic rings. The zero-order valence-corrected chi connectivity index (χ0v) is 31.7. The van der Waals surface area contributed by atoms with Gasteiger partial charge >= 0.3 is 0 Å². The van der Waals surface area contributed by atoms with Crippen LogP contribution >= 0.6 is 11.8 Å². The van der Waals surface area contributed by atoms with Gasteiger partial charge in [-0.2, -0.15) is 0 Å². The molecule has 54 heavy (non-hydrogen) atoms. The number of hydrogen-bond acceptors (Lipinski definition) is 8. The minimum atomic E-state index is -1.10. The fourth-order valence-electron chi connectivity index (χ4n) is 8.81. The molecule has 7 nitrogen and oxygen atoms in total. The van der Waals surface area contributed by atoms with Crippen LogP contribution in [0, 0.1) is 23.6 Å². The van der Waals surface area contributed by atoms with Crippen LogP contribution in [0.4, 0.5) is 4.39 Å². The molecule has 7 rings (SSSR count). The van der Waals surface area contributed by atoms with Crippen molar-refractivity contribution in [2.75, 3.05) is 26.9 Å². The van der Waals surface area contributed by atoms with Gasteiger partial charge in [0.15, 0.2) is 0 Å². The molecule has 284 valence electrons. The Balaban J connectivity index is 1.38. The number of hydrogen-bond donors (Lipinski definition) is 2. The van der Waals surface area contributed by atoms with Crippen molar-refractivity contribution in [3.05, 3.63) is 126 Å². The highest BCUT2D eigenvalue weighted by Crippen LogP contribution is 2.63. The number of oxime groups is 1. The topological polar surface area (TPSA) is 89.7 Å². The second-order valence-corrected chi connectivity index (χ2v) is 15.7. The van der Waals surface area contributed by atoms with E-state index in [4.69, 9.17) is 24.2 Å². The summed E-state index contributed by atoms with van der Waals surface area (Å²) in [4.78, 5) is 6.67. The Morgan fingerprint density at radius 1 is 0.944 bits per heavy atom. The molecule has 1 saturated carbocycles. The summed E-state index contributed by atoms with van der Waals surface area (Å²) in [6, 6.07) is 27.5. The minimum absolute atomic E-state index is 0.0737. The van der Waals surface area contributed by atoms with Gasteiger partial charge in [-0.3, -0.25) is 0 Å². The van der Waals surface area contributed by atoms with Gasteiger partial charge in [-0.25, -0.2) is 4.39 Å². The van der Waals surface area contributed by atoms with Gasteiger partial charge < -0.3 is 29.3 Å². The van der Waals surface area contributed by atoms with E-state index in [2.05, 4.69) is 61.2 Å². The van der Waals surface area contributed by atoms with E-state index >= 15 is 0 Å². The maximum absolute atomic E-state index is 14.6. The monoisotopic (exact) mass is 751 g/mol. The Hall–Kier alpha value is -4.15. The van der Waals surface area contributed by atoms with Crippen LogP contribution < -0.4 is 9.47 Å². The van der Waals surface area contributed by atoms with Crippen molar-refractivity contribution in [2.45, 2.75) is 73.4 Å². The molecule has 0 spiro atoms. The third kappa shape index (κ3) is 7.83. The molecule has 0 saturated heterocycles. The van der Waals surface area contributed by atoms with Crippen molar-refractivity contribution in [1.82, 2.24) is 0 Å². The molecular formula is C45H50FNO6S. The van der Waals surface area contributed by atoms with E-state index in [1.807, 2.05) is 18.2 Å². The van der Waals surface area contributed by atoms with Crippen molar-refractivity contribution in [2.24, 2.45) is 22.9 Å². The van der Waals surface area contributed by atoms with Crippen LogP contribution in [0.15, 0.2) is 119 Å². The molecule has 0 aromatic heterocycles. The molecule has 2 aliphatic carbocycles. The number of fused-ring (bicyclic) bond motifs is 3. The summed E-state index contributed by atoms with van der Waals surface area (Å²) in [7, 11) is 1.59.